The third-order valence-corrected chi connectivity index (χ3v) is 2.19. The fourth-order valence-corrected chi connectivity index (χ4v) is 1.21. The van der Waals surface area contributed by atoms with E-state index in [9.17, 15) is 4.79 Å². The highest BCUT2D eigenvalue weighted by Gasteiger charge is 2.00. The zero-order valence-electron chi connectivity index (χ0n) is 12.4. The molecular formula is C13H28N2O4. The SMILES string of the molecule is CCOCCOCCOCCNC(=O)CNC(C)C. The second-order valence-electron chi connectivity index (χ2n) is 4.31. The molecule has 2 N–H and O–H groups in total. The van der Waals surface area contributed by atoms with E-state index in [1.54, 1.807) is 0 Å². The molecule has 0 aliphatic heterocycles. The Labute approximate surface area is 116 Å². The quantitative estimate of drug-likeness (QED) is 0.469. The average molecular weight is 276 g/mol. The van der Waals surface area contributed by atoms with Crippen LogP contribution < -0.4 is 10.6 Å². The van der Waals surface area contributed by atoms with Gasteiger partial charge in [-0.2, -0.15) is 0 Å². The smallest absolute Gasteiger partial charge is 0.234 e. The highest BCUT2D eigenvalue weighted by molar-refractivity contribution is 5.77. The fourth-order valence-electron chi connectivity index (χ4n) is 1.21. The molecule has 0 aliphatic carbocycles. The van der Waals surface area contributed by atoms with Crippen LogP contribution in [0.15, 0.2) is 0 Å². The Balaban J connectivity index is 3.11. The Morgan fingerprint density at radius 3 is 2.16 bits per heavy atom. The molecule has 0 aromatic carbocycles. The predicted octanol–water partition coefficient (Wildman–Crippen LogP) is 0.170. The van der Waals surface area contributed by atoms with Crippen molar-refractivity contribution in [2.24, 2.45) is 0 Å². The van der Waals surface area contributed by atoms with Crippen LogP contribution in [-0.2, 0) is 19.0 Å². The molecular weight excluding hydrogens is 248 g/mol. The number of carbonyl (C=O) groups is 1. The summed E-state index contributed by atoms with van der Waals surface area (Å²) < 4.78 is 15.7. The molecule has 19 heavy (non-hydrogen) atoms. The molecule has 0 atom stereocenters. The molecule has 0 saturated heterocycles. The summed E-state index contributed by atoms with van der Waals surface area (Å²) in [4.78, 5) is 11.3. The molecule has 6 nitrogen and oxygen atoms in total. The molecule has 0 aromatic rings. The van der Waals surface area contributed by atoms with Crippen LogP contribution in [0.3, 0.4) is 0 Å². The van der Waals surface area contributed by atoms with E-state index in [0.29, 0.717) is 58.8 Å². The number of carbonyl (C=O) groups excluding carboxylic acids is 1. The van der Waals surface area contributed by atoms with Crippen LogP contribution in [0, 0.1) is 0 Å². The standard InChI is InChI=1S/C13H28N2O4/c1-4-17-7-8-19-10-9-18-6-5-14-13(16)11-15-12(2)3/h12,15H,4-11H2,1-3H3,(H,14,16). The van der Waals surface area contributed by atoms with Crippen molar-refractivity contribution >= 4 is 5.91 Å². The molecule has 0 aliphatic rings. The van der Waals surface area contributed by atoms with E-state index < -0.39 is 0 Å². The lowest BCUT2D eigenvalue weighted by atomic mass is 10.4. The van der Waals surface area contributed by atoms with Crippen LogP contribution in [0.5, 0.6) is 0 Å². The van der Waals surface area contributed by atoms with Gasteiger partial charge in [0.25, 0.3) is 0 Å². The largest absolute Gasteiger partial charge is 0.379 e. The maximum atomic E-state index is 11.3. The Kier molecular flexibility index (Phi) is 13.2. The second kappa shape index (κ2) is 13.7. The van der Waals surface area contributed by atoms with Gasteiger partial charge in [-0.1, -0.05) is 13.8 Å². The minimum Gasteiger partial charge on any atom is -0.379 e. The zero-order valence-corrected chi connectivity index (χ0v) is 12.4. The minimum atomic E-state index is -0.00901. The van der Waals surface area contributed by atoms with E-state index in [2.05, 4.69) is 10.6 Å². The first-order valence-electron chi connectivity index (χ1n) is 6.90. The van der Waals surface area contributed by atoms with Gasteiger partial charge in [0.15, 0.2) is 0 Å². The maximum Gasteiger partial charge on any atom is 0.234 e. The lowest BCUT2D eigenvalue weighted by molar-refractivity contribution is -0.120. The fraction of sp³-hybridized carbons (Fsp3) is 0.923. The molecule has 0 spiro atoms. The molecule has 6 heteroatoms. The molecule has 0 saturated carbocycles. The number of amides is 1. The van der Waals surface area contributed by atoms with Crippen molar-refractivity contribution in [3.63, 3.8) is 0 Å². The molecule has 0 fully saturated rings. The second-order valence-corrected chi connectivity index (χ2v) is 4.31. The van der Waals surface area contributed by atoms with E-state index in [4.69, 9.17) is 14.2 Å². The van der Waals surface area contributed by atoms with Gasteiger partial charge in [0.2, 0.25) is 5.91 Å². The van der Waals surface area contributed by atoms with Crippen molar-refractivity contribution in [1.29, 1.82) is 0 Å². The Bertz CT molecular complexity index is 213. The molecule has 0 aromatic heterocycles. The van der Waals surface area contributed by atoms with Crippen molar-refractivity contribution < 1.29 is 19.0 Å². The van der Waals surface area contributed by atoms with Gasteiger partial charge in [-0.15, -0.1) is 0 Å². The monoisotopic (exact) mass is 276 g/mol. The summed E-state index contributed by atoms with van der Waals surface area (Å²) in [7, 11) is 0. The van der Waals surface area contributed by atoms with Crippen LogP contribution in [0.4, 0.5) is 0 Å². The first kappa shape index (κ1) is 18.3. The highest BCUT2D eigenvalue weighted by Crippen LogP contribution is 1.81. The van der Waals surface area contributed by atoms with E-state index in [-0.39, 0.29) is 5.91 Å². The van der Waals surface area contributed by atoms with Crippen molar-refractivity contribution in [2.75, 3.05) is 52.7 Å². The van der Waals surface area contributed by atoms with E-state index in [1.807, 2.05) is 20.8 Å². The van der Waals surface area contributed by atoms with Crippen molar-refractivity contribution in [3.05, 3.63) is 0 Å². The molecule has 114 valence electrons. The first-order chi connectivity index (χ1) is 9.16. The first-order valence-corrected chi connectivity index (χ1v) is 6.90. The Morgan fingerprint density at radius 2 is 1.58 bits per heavy atom. The molecule has 0 bridgehead atoms. The zero-order chi connectivity index (χ0) is 14.3. The maximum absolute atomic E-state index is 11.3. The van der Waals surface area contributed by atoms with E-state index >= 15 is 0 Å². The van der Waals surface area contributed by atoms with Gasteiger partial charge in [0, 0.05) is 19.2 Å². The Morgan fingerprint density at radius 1 is 1.00 bits per heavy atom. The number of nitrogens with one attached hydrogen (secondary N) is 2. The van der Waals surface area contributed by atoms with Crippen molar-refractivity contribution in [2.45, 2.75) is 26.8 Å². The number of ether oxygens (including phenoxy) is 3. The van der Waals surface area contributed by atoms with Crippen LogP contribution in [0.25, 0.3) is 0 Å². The van der Waals surface area contributed by atoms with Gasteiger partial charge in [-0.3, -0.25) is 4.79 Å². The lowest BCUT2D eigenvalue weighted by Gasteiger charge is -2.09. The molecule has 0 rings (SSSR count). The lowest BCUT2D eigenvalue weighted by Crippen LogP contribution is -2.38. The summed E-state index contributed by atoms with van der Waals surface area (Å²) in [5.41, 5.74) is 0. The van der Waals surface area contributed by atoms with Gasteiger partial charge >= 0.3 is 0 Å². The van der Waals surface area contributed by atoms with Gasteiger partial charge in [-0.05, 0) is 6.92 Å². The molecule has 0 heterocycles. The van der Waals surface area contributed by atoms with Crippen LogP contribution in [0.1, 0.15) is 20.8 Å². The molecule has 0 unspecified atom stereocenters. The third kappa shape index (κ3) is 15.3. The van der Waals surface area contributed by atoms with Gasteiger partial charge in [0.1, 0.15) is 0 Å². The third-order valence-electron chi connectivity index (χ3n) is 2.19. The summed E-state index contributed by atoms with van der Waals surface area (Å²) in [6.07, 6.45) is 0. The van der Waals surface area contributed by atoms with Crippen molar-refractivity contribution in [3.8, 4) is 0 Å². The summed E-state index contributed by atoms with van der Waals surface area (Å²) >= 11 is 0. The van der Waals surface area contributed by atoms with Crippen molar-refractivity contribution in [1.82, 2.24) is 10.6 Å². The van der Waals surface area contributed by atoms with E-state index in [1.165, 1.54) is 0 Å². The van der Waals surface area contributed by atoms with E-state index in [0.717, 1.165) is 0 Å². The summed E-state index contributed by atoms with van der Waals surface area (Å²) in [5.74, 6) is -0.00901. The van der Waals surface area contributed by atoms with Gasteiger partial charge in [-0.25, -0.2) is 0 Å². The normalized spacial score (nSPS) is 10.9. The summed E-state index contributed by atoms with van der Waals surface area (Å²) in [5, 5.41) is 5.82. The van der Waals surface area contributed by atoms with Crippen LogP contribution in [0.2, 0.25) is 0 Å². The summed E-state index contributed by atoms with van der Waals surface area (Å²) in [6.45, 7) is 10.3. The van der Waals surface area contributed by atoms with Gasteiger partial charge < -0.3 is 24.8 Å². The topological polar surface area (TPSA) is 68.8 Å². The van der Waals surface area contributed by atoms with Crippen LogP contribution in [-0.4, -0.2) is 64.7 Å². The number of rotatable bonds is 13. The molecule has 1 amide bonds. The Hall–Kier alpha value is -0.690. The van der Waals surface area contributed by atoms with Crippen LogP contribution >= 0.6 is 0 Å². The number of hydrogen-bond donors (Lipinski definition) is 2. The van der Waals surface area contributed by atoms with Gasteiger partial charge in [0.05, 0.1) is 39.6 Å². The minimum absolute atomic E-state index is 0.00901. The number of hydrogen-bond acceptors (Lipinski definition) is 5. The summed E-state index contributed by atoms with van der Waals surface area (Å²) in [6, 6.07) is 0.316. The predicted molar refractivity (Wildman–Crippen MR) is 74.3 cm³/mol. The molecule has 0 radical (unpaired) electrons. The highest BCUT2D eigenvalue weighted by atomic mass is 16.5. The average Bonchev–Trinajstić information content (AvgIpc) is 2.38.